The molecule has 1 aromatic carbocycles. The second-order valence-electron chi connectivity index (χ2n) is 7.67. The molecule has 3 aromatic rings. The van der Waals surface area contributed by atoms with E-state index in [4.69, 9.17) is 9.47 Å². The Hall–Kier alpha value is -3.20. The van der Waals surface area contributed by atoms with Crippen molar-refractivity contribution in [1.29, 1.82) is 0 Å². The minimum absolute atomic E-state index is 0.0573. The number of aromatic nitrogens is 3. The minimum atomic E-state index is -0.479. The quantitative estimate of drug-likeness (QED) is 0.662. The topological polar surface area (TPSA) is 81.0 Å². The SMILES string of the molecule is CO[C@@H]1C[C@H]2COc3nc4c(cnn4cc3C)-c3cc(F)cc(c3)NCCN2C1=O. The molecular weight excluding hydrogens is 389 g/mol. The van der Waals surface area contributed by atoms with Crippen LogP contribution in [0.1, 0.15) is 12.0 Å². The molecule has 0 radical (unpaired) electrons. The summed E-state index contributed by atoms with van der Waals surface area (Å²) in [5.74, 6) is 0.0575. The summed E-state index contributed by atoms with van der Waals surface area (Å²) in [6.07, 6.45) is 3.59. The number of methoxy groups -OCH3 is 1. The number of nitrogens with zero attached hydrogens (tertiary/aromatic N) is 4. The van der Waals surface area contributed by atoms with Crippen LogP contribution in [0, 0.1) is 12.7 Å². The van der Waals surface area contributed by atoms with Crippen LogP contribution in [0.15, 0.2) is 30.6 Å². The van der Waals surface area contributed by atoms with Crippen molar-refractivity contribution in [3.05, 3.63) is 42.0 Å². The van der Waals surface area contributed by atoms with Gasteiger partial charge in [-0.05, 0) is 30.7 Å². The molecule has 2 aliphatic rings. The lowest BCUT2D eigenvalue weighted by atomic mass is 10.1. The molecule has 0 unspecified atom stereocenters. The number of carbonyl (C=O) groups is 1. The van der Waals surface area contributed by atoms with Gasteiger partial charge in [-0.3, -0.25) is 4.79 Å². The van der Waals surface area contributed by atoms with Crippen molar-refractivity contribution in [3.8, 4) is 17.0 Å². The van der Waals surface area contributed by atoms with E-state index in [9.17, 15) is 9.18 Å². The number of carbonyl (C=O) groups excluding carboxylic acids is 1. The second-order valence-corrected chi connectivity index (χ2v) is 7.67. The van der Waals surface area contributed by atoms with E-state index in [0.29, 0.717) is 48.9 Å². The van der Waals surface area contributed by atoms with Crippen molar-refractivity contribution in [2.75, 3.05) is 32.1 Å². The van der Waals surface area contributed by atoms with Crippen LogP contribution in [0.4, 0.5) is 10.1 Å². The van der Waals surface area contributed by atoms with Gasteiger partial charge in [0.1, 0.15) is 18.5 Å². The standard InChI is InChI=1S/C21H22FN5O3/c1-12-10-27-19-17(9-24-27)13-5-14(22)7-15(6-13)23-3-4-26-16(11-30-20(12)25-19)8-18(29-2)21(26)28/h5-7,9-10,16,18,23H,3-4,8,11H2,1-2H3/t16-,18+/m0/s1. The number of hydrogen-bond acceptors (Lipinski definition) is 6. The van der Waals surface area contributed by atoms with E-state index in [0.717, 1.165) is 11.1 Å². The Balaban J connectivity index is 1.61. The first-order chi connectivity index (χ1) is 14.5. The van der Waals surface area contributed by atoms with E-state index >= 15 is 0 Å². The lowest BCUT2D eigenvalue weighted by Crippen LogP contribution is -2.41. The summed E-state index contributed by atoms with van der Waals surface area (Å²) in [5, 5.41) is 7.59. The van der Waals surface area contributed by atoms with E-state index < -0.39 is 6.10 Å². The van der Waals surface area contributed by atoms with Crippen molar-refractivity contribution in [2.45, 2.75) is 25.5 Å². The molecule has 2 aromatic heterocycles. The Morgan fingerprint density at radius 1 is 1.33 bits per heavy atom. The van der Waals surface area contributed by atoms with Crippen molar-refractivity contribution in [2.24, 2.45) is 0 Å². The third kappa shape index (κ3) is 3.15. The van der Waals surface area contributed by atoms with Gasteiger partial charge in [0.15, 0.2) is 5.65 Å². The Bertz CT molecular complexity index is 1130. The van der Waals surface area contributed by atoms with Crippen LogP contribution in [0.5, 0.6) is 5.88 Å². The first kappa shape index (κ1) is 18.8. The number of rotatable bonds is 1. The number of hydrogen-bond donors (Lipinski definition) is 1. The number of ether oxygens (including phenoxy) is 2. The maximum absolute atomic E-state index is 14.3. The highest BCUT2D eigenvalue weighted by atomic mass is 19.1. The summed E-state index contributed by atoms with van der Waals surface area (Å²) in [6.45, 7) is 3.15. The van der Waals surface area contributed by atoms with Crippen LogP contribution in [0.25, 0.3) is 16.8 Å². The molecule has 9 heteroatoms. The maximum Gasteiger partial charge on any atom is 0.252 e. The number of benzene rings is 1. The lowest BCUT2D eigenvalue weighted by molar-refractivity contribution is -0.136. The van der Waals surface area contributed by atoms with Gasteiger partial charge in [-0.15, -0.1) is 0 Å². The molecule has 1 N–H and O–H groups in total. The first-order valence-corrected chi connectivity index (χ1v) is 9.89. The molecule has 0 saturated carbocycles. The monoisotopic (exact) mass is 411 g/mol. The molecule has 0 aliphatic carbocycles. The van der Waals surface area contributed by atoms with Crippen LogP contribution < -0.4 is 10.1 Å². The Morgan fingerprint density at radius 2 is 2.20 bits per heavy atom. The number of amides is 1. The molecule has 30 heavy (non-hydrogen) atoms. The number of anilines is 1. The normalized spacial score (nSPS) is 21.3. The zero-order valence-electron chi connectivity index (χ0n) is 16.8. The molecule has 5 rings (SSSR count). The van der Waals surface area contributed by atoms with Gasteiger partial charge in [0.05, 0.1) is 12.2 Å². The fraction of sp³-hybridized carbons (Fsp3) is 0.381. The second kappa shape index (κ2) is 7.24. The largest absolute Gasteiger partial charge is 0.475 e. The van der Waals surface area contributed by atoms with Gasteiger partial charge < -0.3 is 19.7 Å². The van der Waals surface area contributed by atoms with Crippen molar-refractivity contribution >= 4 is 17.2 Å². The maximum atomic E-state index is 14.3. The number of halogens is 1. The van der Waals surface area contributed by atoms with Crippen molar-refractivity contribution in [3.63, 3.8) is 0 Å². The predicted molar refractivity (Wildman–Crippen MR) is 108 cm³/mol. The van der Waals surface area contributed by atoms with Crippen LogP contribution in [-0.2, 0) is 9.53 Å². The molecule has 4 bridgehead atoms. The zero-order valence-corrected chi connectivity index (χ0v) is 16.8. The highest BCUT2D eigenvalue weighted by molar-refractivity contribution is 5.84. The summed E-state index contributed by atoms with van der Waals surface area (Å²) < 4.78 is 27.4. The molecule has 4 heterocycles. The van der Waals surface area contributed by atoms with E-state index in [2.05, 4.69) is 15.4 Å². The van der Waals surface area contributed by atoms with Crippen molar-refractivity contribution in [1.82, 2.24) is 19.5 Å². The molecular formula is C21H22FN5O3. The highest BCUT2D eigenvalue weighted by Crippen LogP contribution is 2.30. The van der Waals surface area contributed by atoms with Crippen LogP contribution in [0.3, 0.4) is 0 Å². The van der Waals surface area contributed by atoms with Gasteiger partial charge in [0, 0.05) is 49.6 Å². The Morgan fingerprint density at radius 3 is 3.03 bits per heavy atom. The van der Waals surface area contributed by atoms with Gasteiger partial charge in [-0.2, -0.15) is 10.1 Å². The first-order valence-electron chi connectivity index (χ1n) is 9.89. The predicted octanol–water partition coefficient (Wildman–Crippen LogP) is 2.26. The fourth-order valence-electron chi connectivity index (χ4n) is 4.17. The molecule has 0 spiro atoms. The van der Waals surface area contributed by atoms with Crippen molar-refractivity contribution < 1.29 is 18.7 Å². The smallest absolute Gasteiger partial charge is 0.252 e. The van der Waals surface area contributed by atoms with Gasteiger partial charge in [-0.25, -0.2) is 8.91 Å². The van der Waals surface area contributed by atoms with Crippen LogP contribution >= 0.6 is 0 Å². The summed E-state index contributed by atoms with van der Waals surface area (Å²) in [7, 11) is 1.54. The highest BCUT2D eigenvalue weighted by Gasteiger charge is 2.39. The van der Waals surface area contributed by atoms with E-state index in [1.165, 1.54) is 12.1 Å². The molecule has 8 nitrogen and oxygen atoms in total. The summed E-state index contributed by atoms with van der Waals surface area (Å²) >= 11 is 0. The summed E-state index contributed by atoms with van der Waals surface area (Å²) in [6, 6.07) is 4.63. The third-order valence-electron chi connectivity index (χ3n) is 5.70. The summed E-state index contributed by atoms with van der Waals surface area (Å²) in [4.78, 5) is 19.1. The lowest BCUT2D eigenvalue weighted by Gasteiger charge is -2.25. The van der Waals surface area contributed by atoms with Gasteiger partial charge in [0.2, 0.25) is 5.88 Å². The molecule has 1 saturated heterocycles. The van der Waals surface area contributed by atoms with Crippen LogP contribution in [-0.4, -0.2) is 64.4 Å². The molecule has 156 valence electrons. The Labute approximate surface area is 172 Å². The minimum Gasteiger partial charge on any atom is -0.475 e. The average Bonchev–Trinajstić information content (AvgIpc) is 3.26. The Kier molecular flexibility index (Phi) is 4.54. The molecule has 1 amide bonds. The van der Waals surface area contributed by atoms with E-state index in [1.54, 1.807) is 22.7 Å². The van der Waals surface area contributed by atoms with Crippen LogP contribution in [0.2, 0.25) is 0 Å². The molecule has 1 fully saturated rings. The third-order valence-corrected chi connectivity index (χ3v) is 5.70. The zero-order chi connectivity index (χ0) is 20.8. The van der Waals surface area contributed by atoms with Gasteiger partial charge in [-0.1, -0.05) is 0 Å². The van der Waals surface area contributed by atoms with E-state index in [-0.39, 0.29) is 17.8 Å². The molecule has 2 atom stereocenters. The van der Waals surface area contributed by atoms with Gasteiger partial charge in [0.25, 0.3) is 5.91 Å². The summed E-state index contributed by atoms with van der Waals surface area (Å²) in [5.41, 5.74) is 3.43. The fourth-order valence-corrected chi connectivity index (χ4v) is 4.17. The number of nitrogens with one attached hydrogen (secondary N) is 1. The number of fused-ring (bicyclic) bond motifs is 5. The molecule has 2 aliphatic heterocycles. The van der Waals surface area contributed by atoms with Gasteiger partial charge >= 0.3 is 0 Å². The average molecular weight is 411 g/mol. The van der Waals surface area contributed by atoms with E-state index in [1.807, 2.05) is 19.2 Å². The number of aryl methyl sites for hydroxylation is 1.